The number of benzene rings is 1. The Bertz CT molecular complexity index is 533. The van der Waals surface area contributed by atoms with Crippen molar-refractivity contribution in [3.05, 3.63) is 35.4 Å². The van der Waals surface area contributed by atoms with E-state index in [-0.39, 0.29) is 6.54 Å². The van der Waals surface area contributed by atoms with Crippen LogP contribution in [0.2, 0.25) is 0 Å². The number of hydrogen-bond donors (Lipinski definition) is 2. The Morgan fingerprint density at radius 2 is 1.76 bits per heavy atom. The summed E-state index contributed by atoms with van der Waals surface area (Å²) in [5.41, 5.74) is -0.281. The van der Waals surface area contributed by atoms with E-state index in [1.54, 1.807) is 39.8 Å². The molecule has 1 unspecified atom stereocenters. The Balaban J connectivity index is 2.91. The molecule has 1 aromatic carbocycles. The molecule has 0 aliphatic heterocycles. The van der Waals surface area contributed by atoms with Crippen molar-refractivity contribution in [2.45, 2.75) is 45.6 Å². The largest absolute Gasteiger partial charge is 0.481 e. The molecule has 0 bridgehead atoms. The maximum absolute atomic E-state index is 11.7. The number of carboxylic acids is 1. The highest BCUT2D eigenvalue weighted by molar-refractivity contribution is 5.82. The number of aliphatic carboxylic acids is 1. The molecule has 21 heavy (non-hydrogen) atoms. The molecule has 1 atom stereocenters. The molecule has 0 fully saturated rings. The van der Waals surface area contributed by atoms with Crippen LogP contribution >= 0.6 is 0 Å². The first-order valence-corrected chi connectivity index (χ1v) is 6.82. The summed E-state index contributed by atoms with van der Waals surface area (Å²) < 4.78 is 5.14. The van der Waals surface area contributed by atoms with Crippen LogP contribution in [-0.4, -0.2) is 29.3 Å². The number of amides is 1. The molecule has 0 radical (unpaired) electrons. The topological polar surface area (TPSA) is 75.6 Å². The van der Waals surface area contributed by atoms with Gasteiger partial charge in [0.2, 0.25) is 0 Å². The minimum Gasteiger partial charge on any atom is -0.481 e. The van der Waals surface area contributed by atoms with Crippen molar-refractivity contribution in [3.8, 4) is 0 Å². The Kier molecular flexibility index (Phi) is 4.99. The first-order chi connectivity index (χ1) is 9.56. The van der Waals surface area contributed by atoms with Gasteiger partial charge in [-0.2, -0.15) is 0 Å². The molecule has 1 aromatic rings. The molecule has 1 rings (SSSR count). The average Bonchev–Trinajstić information content (AvgIpc) is 2.34. The van der Waals surface area contributed by atoms with E-state index < -0.39 is 23.1 Å². The SMILES string of the molecule is Cc1ccccc1C(C)(CNC(=O)OC(C)(C)C)C(=O)O. The van der Waals surface area contributed by atoms with Crippen molar-refractivity contribution in [3.63, 3.8) is 0 Å². The van der Waals surface area contributed by atoms with Crippen LogP contribution in [-0.2, 0) is 14.9 Å². The third kappa shape index (κ3) is 4.48. The van der Waals surface area contributed by atoms with Gasteiger partial charge >= 0.3 is 12.1 Å². The van der Waals surface area contributed by atoms with Crippen molar-refractivity contribution < 1.29 is 19.4 Å². The molecule has 5 heteroatoms. The van der Waals surface area contributed by atoms with E-state index >= 15 is 0 Å². The van der Waals surface area contributed by atoms with Crippen LogP contribution in [0.5, 0.6) is 0 Å². The summed E-state index contributed by atoms with van der Waals surface area (Å²) in [6, 6.07) is 7.25. The maximum atomic E-state index is 11.7. The van der Waals surface area contributed by atoms with Gasteiger partial charge < -0.3 is 15.2 Å². The molecule has 0 saturated carbocycles. The van der Waals surface area contributed by atoms with Crippen molar-refractivity contribution >= 4 is 12.1 Å². The second-order valence-corrected chi connectivity index (χ2v) is 6.31. The Morgan fingerprint density at radius 3 is 2.24 bits per heavy atom. The molecule has 1 amide bonds. The maximum Gasteiger partial charge on any atom is 0.407 e. The third-order valence-electron chi connectivity index (χ3n) is 3.20. The molecule has 5 nitrogen and oxygen atoms in total. The first-order valence-electron chi connectivity index (χ1n) is 6.82. The number of carbonyl (C=O) groups is 2. The number of carboxylic acid groups (broad SMARTS) is 1. The molecule has 0 spiro atoms. The van der Waals surface area contributed by atoms with Gasteiger partial charge in [0, 0.05) is 6.54 Å². The van der Waals surface area contributed by atoms with Crippen LogP contribution in [0, 0.1) is 6.92 Å². The predicted molar refractivity (Wildman–Crippen MR) is 80.4 cm³/mol. The second-order valence-electron chi connectivity index (χ2n) is 6.31. The summed E-state index contributed by atoms with van der Waals surface area (Å²) in [5, 5.41) is 12.1. The molecule has 0 saturated heterocycles. The Hall–Kier alpha value is -2.04. The zero-order valence-electron chi connectivity index (χ0n) is 13.2. The van der Waals surface area contributed by atoms with Gasteiger partial charge in [-0.15, -0.1) is 0 Å². The van der Waals surface area contributed by atoms with Crippen molar-refractivity contribution in [2.24, 2.45) is 0 Å². The lowest BCUT2D eigenvalue weighted by molar-refractivity contribution is -0.143. The van der Waals surface area contributed by atoms with Gasteiger partial charge in [-0.3, -0.25) is 4.79 Å². The molecule has 0 heterocycles. The average molecular weight is 293 g/mol. The van der Waals surface area contributed by atoms with Crippen LogP contribution in [0.15, 0.2) is 24.3 Å². The van der Waals surface area contributed by atoms with E-state index in [1.165, 1.54) is 0 Å². The normalized spacial score (nSPS) is 14.1. The van der Waals surface area contributed by atoms with E-state index in [0.29, 0.717) is 5.56 Å². The van der Waals surface area contributed by atoms with Gasteiger partial charge in [-0.25, -0.2) is 4.79 Å². The fourth-order valence-corrected chi connectivity index (χ4v) is 2.04. The van der Waals surface area contributed by atoms with Crippen molar-refractivity contribution in [1.29, 1.82) is 0 Å². The Labute approximate surface area is 125 Å². The van der Waals surface area contributed by atoms with Crippen molar-refractivity contribution in [1.82, 2.24) is 5.32 Å². The highest BCUT2D eigenvalue weighted by atomic mass is 16.6. The summed E-state index contributed by atoms with van der Waals surface area (Å²) in [6.45, 7) is 8.67. The van der Waals surface area contributed by atoms with Crippen molar-refractivity contribution in [2.75, 3.05) is 6.54 Å². The predicted octanol–water partition coefficient (Wildman–Crippen LogP) is 2.86. The standard InChI is InChI=1S/C16H23NO4/c1-11-8-6-7-9-12(11)16(5,13(18)19)10-17-14(20)21-15(2,3)4/h6-9H,10H2,1-5H3,(H,17,20)(H,18,19). The van der Waals surface area contributed by atoms with Gasteiger partial charge in [-0.1, -0.05) is 24.3 Å². The number of nitrogens with one attached hydrogen (secondary N) is 1. The fourth-order valence-electron chi connectivity index (χ4n) is 2.04. The van der Waals surface area contributed by atoms with E-state index in [0.717, 1.165) is 5.56 Å². The second kappa shape index (κ2) is 6.16. The van der Waals surface area contributed by atoms with Gasteiger partial charge in [0.25, 0.3) is 0 Å². The van der Waals surface area contributed by atoms with E-state index in [9.17, 15) is 14.7 Å². The highest BCUT2D eigenvalue weighted by Gasteiger charge is 2.37. The summed E-state index contributed by atoms with van der Waals surface area (Å²) in [5.74, 6) is -0.993. The highest BCUT2D eigenvalue weighted by Crippen LogP contribution is 2.26. The Morgan fingerprint density at radius 1 is 1.19 bits per heavy atom. The quantitative estimate of drug-likeness (QED) is 0.895. The van der Waals surface area contributed by atoms with E-state index in [1.807, 2.05) is 19.1 Å². The lowest BCUT2D eigenvalue weighted by Gasteiger charge is -2.28. The molecular formula is C16H23NO4. The summed E-state index contributed by atoms with van der Waals surface area (Å²) >= 11 is 0. The summed E-state index contributed by atoms with van der Waals surface area (Å²) in [4.78, 5) is 23.4. The number of alkyl carbamates (subject to hydrolysis) is 1. The lowest BCUT2D eigenvalue weighted by Crippen LogP contribution is -2.46. The van der Waals surface area contributed by atoms with Crippen LogP contribution < -0.4 is 5.32 Å². The van der Waals surface area contributed by atoms with Gasteiger partial charge in [0.1, 0.15) is 11.0 Å². The number of rotatable bonds is 4. The summed E-state index contributed by atoms with van der Waals surface area (Å²) in [7, 11) is 0. The molecule has 116 valence electrons. The molecule has 2 N–H and O–H groups in total. The van der Waals surface area contributed by atoms with E-state index in [4.69, 9.17) is 4.74 Å². The molecule has 0 aliphatic carbocycles. The monoisotopic (exact) mass is 293 g/mol. The fraction of sp³-hybridized carbons (Fsp3) is 0.500. The zero-order chi connectivity index (χ0) is 16.3. The number of aryl methyl sites for hydroxylation is 1. The lowest BCUT2D eigenvalue weighted by atomic mass is 9.80. The smallest absolute Gasteiger partial charge is 0.407 e. The first kappa shape index (κ1) is 17.0. The number of hydrogen-bond acceptors (Lipinski definition) is 3. The third-order valence-corrected chi connectivity index (χ3v) is 3.20. The molecule has 0 aliphatic rings. The van der Waals surface area contributed by atoms with Crippen LogP contribution in [0.4, 0.5) is 4.79 Å². The van der Waals surface area contributed by atoms with Crippen LogP contribution in [0.25, 0.3) is 0 Å². The number of carbonyl (C=O) groups excluding carboxylic acids is 1. The van der Waals surface area contributed by atoms with Crippen LogP contribution in [0.1, 0.15) is 38.8 Å². The summed E-state index contributed by atoms with van der Waals surface area (Å²) in [6.07, 6.45) is -0.622. The minimum atomic E-state index is -1.21. The molecular weight excluding hydrogens is 270 g/mol. The van der Waals surface area contributed by atoms with Gasteiger partial charge in [0.15, 0.2) is 0 Å². The zero-order valence-corrected chi connectivity index (χ0v) is 13.2. The molecule has 0 aromatic heterocycles. The van der Waals surface area contributed by atoms with Crippen LogP contribution in [0.3, 0.4) is 0 Å². The van der Waals surface area contributed by atoms with E-state index in [2.05, 4.69) is 5.32 Å². The minimum absolute atomic E-state index is 0.0396. The van der Waals surface area contributed by atoms with Gasteiger partial charge in [0.05, 0.1) is 0 Å². The van der Waals surface area contributed by atoms with Gasteiger partial charge in [-0.05, 0) is 45.7 Å². The number of ether oxygens (including phenoxy) is 1.